The first-order chi connectivity index (χ1) is 9.72. The van der Waals surface area contributed by atoms with E-state index >= 15 is 0 Å². The normalized spacial score (nSPS) is 14.1. The number of nitrogens with zero attached hydrogens (tertiary/aromatic N) is 1. The Balaban J connectivity index is 1.81. The van der Waals surface area contributed by atoms with Gasteiger partial charge in [0.25, 0.3) is 5.91 Å². The van der Waals surface area contributed by atoms with Gasteiger partial charge in [0.2, 0.25) is 5.91 Å². The van der Waals surface area contributed by atoms with Gasteiger partial charge in [0.05, 0.1) is 11.8 Å². The first-order valence-electron chi connectivity index (χ1n) is 7.32. The van der Waals surface area contributed by atoms with Crippen LogP contribution in [0.2, 0.25) is 0 Å². The van der Waals surface area contributed by atoms with Crippen molar-refractivity contribution in [2.24, 2.45) is 0 Å². The third-order valence-electron chi connectivity index (χ3n) is 3.45. The Morgan fingerprint density at radius 2 is 2.25 bits per heavy atom. The van der Waals surface area contributed by atoms with Crippen molar-refractivity contribution in [2.75, 3.05) is 13.1 Å². The summed E-state index contributed by atoms with van der Waals surface area (Å²) in [5, 5.41) is 2.88. The second-order valence-corrected chi connectivity index (χ2v) is 5.20. The van der Waals surface area contributed by atoms with Crippen molar-refractivity contribution in [1.82, 2.24) is 10.2 Å². The van der Waals surface area contributed by atoms with Crippen LogP contribution < -0.4 is 5.32 Å². The third kappa shape index (κ3) is 4.11. The summed E-state index contributed by atoms with van der Waals surface area (Å²) in [7, 11) is 0. The zero-order chi connectivity index (χ0) is 14.4. The highest BCUT2D eigenvalue weighted by Crippen LogP contribution is 2.28. The molecule has 0 aliphatic heterocycles. The fourth-order valence-electron chi connectivity index (χ4n) is 2.10. The zero-order valence-electron chi connectivity index (χ0n) is 11.9. The number of carbonyl (C=O) groups excluding carboxylic acids is 2. The molecule has 0 saturated heterocycles. The summed E-state index contributed by atoms with van der Waals surface area (Å²) in [6.07, 6.45) is 7.43. The fourth-order valence-corrected chi connectivity index (χ4v) is 2.10. The van der Waals surface area contributed by atoms with Crippen LogP contribution in [0.5, 0.6) is 0 Å². The molecule has 0 unspecified atom stereocenters. The lowest BCUT2D eigenvalue weighted by molar-refractivity contribution is -0.121. The van der Waals surface area contributed by atoms with Crippen molar-refractivity contribution in [1.29, 1.82) is 0 Å². The van der Waals surface area contributed by atoms with Crippen LogP contribution in [0.25, 0.3) is 0 Å². The van der Waals surface area contributed by atoms with Gasteiger partial charge in [0.1, 0.15) is 6.26 Å². The number of hydrogen-bond donors (Lipinski definition) is 1. The molecule has 0 spiro atoms. The molecule has 2 amide bonds. The van der Waals surface area contributed by atoms with Crippen LogP contribution in [0.15, 0.2) is 23.0 Å². The van der Waals surface area contributed by atoms with Crippen molar-refractivity contribution >= 4 is 11.8 Å². The van der Waals surface area contributed by atoms with Gasteiger partial charge in [-0.1, -0.05) is 13.3 Å². The molecule has 1 fully saturated rings. The molecule has 0 radical (unpaired) electrons. The van der Waals surface area contributed by atoms with E-state index in [1.807, 2.05) is 0 Å². The van der Waals surface area contributed by atoms with Gasteiger partial charge in [-0.3, -0.25) is 9.59 Å². The monoisotopic (exact) mass is 278 g/mol. The van der Waals surface area contributed by atoms with Crippen LogP contribution in [0.1, 0.15) is 49.4 Å². The molecule has 5 heteroatoms. The second kappa shape index (κ2) is 7.12. The van der Waals surface area contributed by atoms with Crippen molar-refractivity contribution in [2.45, 2.75) is 45.1 Å². The Morgan fingerprint density at radius 1 is 1.45 bits per heavy atom. The fraction of sp³-hybridized carbons (Fsp3) is 0.600. The summed E-state index contributed by atoms with van der Waals surface area (Å²) in [6.45, 7) is 3.28. The minimum Gasteiger partial charge on any atom is -0.472 e. The van der Waals surface area contributed by atoms with Crippen LogP contribution in [-0.2, 0) is 4.79 Å². The molecular formula is C15H22N2O3. The van der Waals surface area contributed by atoms with Crippen molar-refractivity contribution in [3.8, 4) is 0 Å². The molecular weight excluding hydrogens is 256 g/mol. The number of amides is 2. The van der Waals surface area contributed by atoms with E-state index in [0.29, 0.717) is 31.1 Å². The average molecular weight is 278 g/mol. The predicted molar refractivity (Wildman–Crippen MR) is 75.3 cm³/mol. The summed E-state index contributed by atoms with van der Waals surface area (Å²) in [5.41, 5.74) is 0.559. The molecule has 0 atom stereocenters. The van der Waals surface area contributed by atoms with E-state index in [1.54, 1.807) is 11.0 Å². The maximum Gasteiger partial charge on any atom is 0.257 e. The molecule has 1 aliphatic rings. The quantitative estimate of drug-likeness (QED) is 0.741. The standard InChI is InChI=1S/C15H22N2O3/c1-2-3-8-16-14(18)6-9-17(13-4-5-13)15(19)12-7-10-20-11-12/h7,10-11,13H,2-6,8-9H2,1H3,(H,16,18). The van der Waals surface area contributed by atoms with E-state index < -0.39 is 0 Å². The van der Waals surface area contributed by atoms with Gasteiger partial charge in [-0.15, -0.1) is 0 Å². The number of nitrogens with one attached hydrogen (secondary N) is 1. The molecule has 1 aromatic rings. The molecule has 1 N–H and O–H groups in total. The average Bonchev–Trinajstić information content (AvgIpc) is 3.12. The predicted octanol–water partition coefficient (Wildman–Crippen LogP) is 2.19. The number of rotatable bonds is 8. The van der Waals surface area contributed by atoms with Gasteiger partial charge >= 0.3 is 0 Å². The van der Waals surface area contributed by atoms with Gasteiger partial charge in [-0.05, 0) is 25.3 Å². The van der Waals surface area contributed by atoms with E-state index in [2.05, 4.69) is 12.2 Å². The molecule has 110 valence electrons. The van der Waals surface area contributed by atoms with Gasteiger partial charge in [-0.2, -0.15) is 0 Å². The zero-order valence-corrected chi connectivity index (χ0v) is 11.9. The highest BCUT2D eigenvalue weighted by atomic mass is 16.3. The first kappa shape index (κ1) is 14.6. The number of furan rings is 1. The molecule has 0 aromatic carbocycles. The van der Waals surface area contributed by atoms with Crippen molar-refractivity contribution < 1.29 is 14.0 Å². The van der Waals surface area contributed by atoms with Crippen LogP contribution in [0, 0.1) is 0 Å². The molecule has 2 rings (SSSR count). The Hall–Kier alpha value is -1.78. The Morgan fingerprint density at radius 3 is 2.85 bits per heavy atom. The van der Waals surface area contributed by atoms with Crippen molar-refractivity contribution in [3.05, 3.63) is 24.2 Å². The van der Waals surface area contributed by atoms with E-state index in [4.69, 9.17) is 4.42 Å². The topological polar surface area (TPSA) is 62.6 Å². The van der Waals surface area contributed by atoms with Gasteiger partial charge < -0.3 is 14.6 Å². The van der Waals surface area contributed by atoms with Crippen LogP contribution >= 0.6 is 0 Å². The Bertz CT molecular complexity index is 438. The number of carbonyl (C=O) groups is 2. The number of hydrogen-bond acceptors (Lipinski definition) is 3. The minimum absolute atomic E-state index is 0.0177. The summed E-state index contributed by atoms with van der Waals surface area (Å²) >= 11 is 0. The Labute approximate surface area is 119 Å². The van der Waals surface area contributed by atoms with Gasteiger partial charge in [0.15, 0.2) is 0 Å². The third-order valence-corrected chi connectivity index (χ3v) is 3.45. The van der Waals surface area contributed by atoms with Crippen LogP contribution in [0.3, 0.4) is 0 Å². The molecule has 20 heavy (non-hydrogen) atoms. The van der Waals surface area contributed by atoms with Crippen molar-refractivity contribution in [3.63, 3.8) is 0 Å². The van der Waals surface area contributed by atoms with E-state index in [0.717, 1.165) is 25.7 Å². The molecule has 5 nitrogen and oxygen atoms in total. The lowest BCUT2D eigenvalue weighted by atomic mass is 10.2. The summed E-state index contributed by atoms with van der Waals surface area (Å²) in [6, 6.07) is 1.96. The maximum atomic E-state index is 12.3. The molecule has 1 aliphatic carbocycles. The van der Waals surface area contributed by atoms with E-state index in [1.165, 1.54) is 12.5 Å². The van der Waals surface area contributed by atoms with Crippen LogP contribution in [-0.4, -0.2) is 35.8 Å². The SMILES string of the molecule is CCCCNC(=O)CCN(C(=O)c1ccoc1)C1CC1. The minimum atomic E-state index is -0.0393. The van der Waals surface area contributed by atoms with Gasteiger partial charge in [-0.25, -0.2) is 0 Å². The van der Waals surface area contributed by atoms with Crippen LogP contribution in [0.4, 0.5) is 0 Å². The summed E-state index contributed by atoms with van der Waals surface area (Å²) in [4.78, 5) is 25.8. The van der Waals surface area contributed by atoms with E-state index in [-0.39, 0.29) is 11.8 Å². The Kier molecular flexibility index (Phi) is 5.21. The largest absolute Gasteiger partial charge is 0.472 e. The molecule has 1 saturated carbocycles. The van der Waals surface area contributed by atoms with Gasteiger partial charge in [0, 0.05) is 25.6 Å². The lowest BCUT2D eigenvalue weighted by Crippen LogP contribution is -2.36. The summed E-state index contributed by atoms with van der Waals surface area (Å²) in [5.74, 6) is -0.0216. The highest BCUT2D eigenvalue weighted by Gasteiger charge is 2.33. The molecule has 1 heterocycles. The molecule has 1 aromatic heterocycles. The first-order valence-corrected chi connectivity index (χ1v) is 7.32. The highest BCUT2D eigenvalue weighted by molar-refractivity contribution is 5.94. The second-order valence-electron chi connectivity index (χ2n) is 5.20. The van der Waals surface area contributed by atoms with E-state index in [9.17, 15) is 9.59 Å². The smallest absolute Gasteiger partial charge is 0.257 e. The maximum absolute atomic E-state index is 12.3. The lowest BCUT2D eigenvalue weighted by Gasteiger charge is -2.21. The molecule has 0 bridgehead atoms. The summed E-state index contributed by atoms with van der Waals surface area (Å²) < 4.78 is 4.95. The number of unbranched alkanes of at least 4 members (excludes halogenated alkanes) is 1.